The van der Waals surface area contributed by atoms with Crippen LogP contribution in [-0.4, -0.2) is 120 Å². The minimum absolute atomic E-state index is 0.0278. The zero-order chi connectivity index (χ0) is 43.2. The lowest BCUT2D eigenvalue weighted by Gasteiger charge is -2.45. The number of rotatable bonds is 8. The Balaban J connectivity index is 0.743. The van der Waals surface area contributed by atoms with Gasteiger partial charge in [0.2, 0.25) is 23.4 Å². The van der Waals surface area contributed by atoms with Gasteiger partial charge in [0.25, 0.3) is 5.91 Å². The second-order valence-corrected chi connectivity index (χ2v) is 17.6. The Morgan fingerprint density at radius 1 is 0.839 bits per heavy atom. The van der Waals surface area contributed by atoms with Crippen LogP contribution in [0.25, 0.3) is 15.7 Å². The number of halogens is 2. The maximum Gasteiger partial charge on any atom is 0.255 e. The van der Waals surface area contributed by atoms with E-state index in [4.69, 9.17) is 6.57 Å². The molecule has 0 bridgehead atoms. The Hall–Kier alpha value is -6.14. The molecule has 3 atom stereocenters. The molecule has 13 nitrogen and oxygen atoms in total. The third kappa shape index (κ3) is 7.92. The summed E-state index contributed by atoms with van der Waals surface area (Å²) in [5, 5.41) is 3.23. The molecule has 4 aromatic rings. The quantitative estimate of drug-likeness (QED) is 0.181. The number of anilines is 3. The van der Waals surface area contributed by atoms with Gasteiger partial charge in [-0.15, -0.1) is 0 Å². The fraction of sp³-hybridized carbons (Fsp3) is 0.447. The Labute approximate surface area is 360 Å². The number of imide groups is 1. The first-order valence-corrected chi connectivity index (χ1v) is 21.7. The molecule has 0 aliphatic carbocycles. The summed E-state index contributed by atoms with van der Waals surface area (Å²) < 4.78 is 31.2. The van der Waals surface area contributed by atoms with Crippen LogP contribution in [0.4, 0.5) is 31.5 Å². The molecular formula is C47H51F2N9O4. The lowest BCUT2D eigenvalue weighted by atomic mass is 9.95. The highest BCUT2D eigenvalue weighted by molar-refractivity contribution is 6.05. The van der Waals surface area contributed by atoms with Gasteiger partial charge < -0.3 is 24.5 Å². The molecule has 4 amide bonds. The van der Waals surface area contributed by atoms with Crippen molar-refractivity contribution < 1.29 is 28.0 Å². The van der Waals surface area contributed by atoms with Crippen molar-refractivity contribution in [3.8, 4) is 0 Å². The molecule has 6 heterocycles. The average molecular weight is 844 g/mol. The van der Waals surface area contributed by atoms with E-state index in [1.165, 1.54) is 17.0 Å². The standard InChI is InChI=1S/C47H51F2N9O4/c1-29-26-57(30(2)25-56(29)39-9-7-38(50-3)45-34(39)5-4-14-51-45)44(60)22-32-6-8-40(36(48)21-32)54-15-12-31(13-16-54)27-53-17-19-55(20-18-53)42-23-33-28-58(47(62)35(33)24-37(42)49)41-10-11-43(59)52-46(41)61/h4-9,14,21,23-24,29-31,41H,10-13,15-20,22,25-28H2,1-2H3,(H,52,59,61)/t29-,30+,41-/m0/s1. The summed E-state index contributed by atoms with van der Waals surface area (Å²) in [6.07, 6.45) is 4.10. The minimum atomic E-state index is -0.743. The number of hydrogen-bond donors (Lipinski definition) is 1. The number of piperazine rings is 2. The monoisotopic (exact) mass is 843 g/mol. The van der Waals surface area contributed by atoms with Gasteiger partial charge in [0.05, 0.1) is 29.9 Å². The van der Waals surface area contributed by atoms with Gasteiger partial charge in [-0.25, -0.2) is 13.6 Å². The Kier molecular flexibility index (Phi) is 11.3. The van der Waals surface area contributed by atoms with E-state index in [1.807, 2.05) is 53.1 Å². The van der Waals surface area contributed by atoms with Crippen LogP contribution in [-0.2, 0) is 27.3 Å². The number of nitrogens with one attached hydrogen (secondary N) is 1. The number of carbonyl (C=O) groups is 4. The number of benzene rings is 3. The number of amides is 4. The summed E-state index contributed by atoms with van der Waals surface area (Å²) >= 11 is 0. The first-order valence-electron chi connectivity index (χ1n) is 21.7. The molecule has 322 valence electrons. The normalized spacial score (nSPS) is 22.6. The molecular weight excluding hydrogens is 793 g/mol. The highest BCUT2D eigenvalue weighted by Gasteiger charge is 2.40. The second-order valence-electron chi connectivity index (χ2n) is 17.6. The molecule has 0 unspecified atom stereocenters. The highest BCUT2D eigenvalue weighted by atomic mass is 19.1. The lowest BCUT2D eigenvalue weighted by molar-refractivity contribution is -0.137. The van der Waals surface area contributed by atoms with Crippen molar-refractivity contribution in [2.24, 2.45) is 5.92 Å². The molecule has 4 saturated heterocycles. The van der Waals surface area contributed by atoms with Gasteiger partial charge in [0, 0.05) is 107 Å². The number of hydrogen-bond acceptors (Lipinski definition) is 9. The maximum absolute atomic E-state index is 15.7. The zero-order valence-corrected chi connectivity index (χ0v) is 35.2. The van der Waals surface area contributed by atoms with Gasteiger partial charge in [0.1, 0.15) is 17.7 Å². The Morgan fingerprint density at radius 2 is 1.58 bits per heavy atom. The van der Waals surface area contributed by atoms with Gasteiger partial charge in [-0.2, -0.15) is 0 Å². The smallest absolute Gasteiger partial charge is 0.255 e. The van der Waals surface area contributed by atoms with E-state index < -0.39 is 17.8 Å². The summed E-state index contributed by atoms with van der Waals surface area (Å²) in [4.78, 5) is 71.2. The Bertz CT molecular complexity index is 2480. The van der Waals surface area contributed by atoms with Crippen LogP contribution >= 0.6 is 0 Å². The maximum atomic E-state index is 15.7. The van der Waals surface area contributed by atoms with E-state index in [0.29, 0.717) is 65.8 Å². The predicted molar refractivity (Wildman–Crippen MR) is 232 cm³/mol. The summed E-state index contributed by atoms with van der Waals surface area (Å²) in [5.74, 6) is -1.56. The molecule has 15 heteroatoms. The molecule has 5 aliphatic heterocycles. The van der Waals surface area contributed by atoms with Crippen LogP contribution < -0.4 is 20.0 Å². The predicted octanol–water partition coefficient (Wildman–Crippen LogP) is 5.53. The average Bonchev–Trinajstić information content (AvgIpc) is 3.58. The van der Waals surface area contributed by atoms with Crippen molar-refractivity contribution in [3.05, 3.63) is 101 Å². The number of piperidine rings is 2. The fourth-order valence-electron chi connectivity index (χ4n) is 10.2. The number of aromatic nitrogens is 1. The van der Waals surface area contributed by atoms with E-state index in [0.717, 1.165) is 56.6 Å². The summed E-state index contributed by atoms with van der Waals surface area (Å²) in [6.45, 7) is 18.3. The molecule has 4 fully saturated rings. The molecule has 3 aromatic carbocycles. The van der Waals surface area contributed by atoms with Crippen LogP contribution in [0.3, 0.4) is 0 Å². The van der Waals surface area contributed by atoms with E-state index in [1.54, 1.807) is 12.3 Å². The van der Waals surface area contributed by atoms with Crippen molar-refractivity contribution in [2.45, 2.75) is 70.6 Å². The highest BCUT2D eigenvalue weighted by Crippen LogP contribution is 2.36. The fourth-order valence-corrected chi connectivity index (χ4v) is 10.2. The molecule has 62 heavy (non-hydrogen) atoms. The summed E-state index contributed by atoms with van der Waals surface area (Å²) in [7, 11) is 0. The van der Waals surface area contributed by atoms with Crippen LogP contribution in [0.2, 0.25) is 0 Å². The molecule has 1 N–H and O–H groups in total. The van der Waals surface area contributed by atoms with Crippen molar-refractivity contribution in [1.82, 2.24) is 25.0 Å². The Morgan fingerprint density at radius 3 is 2.32 bits per heavy atom. The van der Waals surface area contributed by atoms with E-state index in [2.05, 4.69) is 36.8 Å². The lowest BCUT2D eigenvalue weighted by Crippen LogP contribution is -2.58. The molecule has 0 saturated carbocycles. The number of nitrogens with zero attached hydrogens (tertiary/aromatic N) is 8. The topological polar surface area (TPSA) is 117 Å². The van der Waals surface area contributed by atoms with Gasteiger partial charge in [-0.05, 0) is 86.6 Å². The number of fused-ring (bicyclic) bond motifs is 2. The van der Waals surface area contributed by atoms with E-state index in [9.17, 15) is 19.2 Å². The first kappa shape index (κ1) is 41.2. The minimum Gasteiger partial charge on any atom is -0.369 e. The summed E-state index contributed by atoms with van der Waals surface area (Å²) in [6, 6.07) is 15.1. The van der Waals surface area contributed by atoms with Gasteiger partial charge in [0.15, 0.2) is 0 Å². The largest absolute Gasteiger partial charge is 0.369 e. The summed E-state index contributed by atoms with van der Waals surface area (Å²) in [5.41, 5.74) is 4.84. The van der Waals surface area contributed by atoms with Crippen molar-refractivity contribution in [1.29, 1.82) is 0 Å². The van der Waals surface area contributed by atoms with Gasteiger partial charge >= 0.3 is 0 Å². The zero-order valence-electron chi connectivity index (χ0n) is 35.2. The molecule has 9 rings (SSSR count). The third-order valence-corrected chi connectivity index (χ3v) is 13.6. The molecule has 0 spiro atoms. The van der Waals surface area contributed by atoms with Crippen molar-refractivity contribution in [2.75, 3.05) is 73.6 Å². The molecule has 1 aromatic heterocycles. The van der Waals surface area contributed by atoms with E-state index in [-0.39, 0.29) is 67.0 Å². The number of pyridine rings is 1. The van der Waals surface area contributed by atoms with Crippen LogP contribution in [0.5, 0.6) is 0 Å². The van der Waals surface area contributed by atoms with E-state index >= 15 is 8.78 Å². The SMILES string of the molecule is [C-]#[N+]c1ccc(N2C[C@@H](C)N(C(=O)Cc3ccc(N4CCC(CN5CCN(c6cc7c(cc6F)C(=O)N([C@H]6CCC(=O)NC6=O)C7)CC5)CC4)c(F)c3)C[C@@H]2C)c2cccnc12. The van der Waals surface area contributed by atoms with Crippen LogP contribution in [0.1, 0.15) is 61.0 Å². The number of carbonyl (C=O) groups excluding carboxylic acids is 4. The van der Waals surface area contributed by atoms with Crippen molar-refractivity contribution in [3.63, 3.8) is 0 Å². The van der Waals surface area contributed by atoms with Crippen molar-refractivity contribution >= 4 is 57.3 Å². The van der Waals surface area contributed by atoms with Gasteiger partial charge in [-0.3, -0.25) is 34.4 Å². The van der Waals surface area contributed by atoms with Crippen LogP contribution in [0.15, 0.2) is 60.8 Å². The van der Waals surface area contributed by atoms with Crippen LogP contribution in [0, 0.1) is 24.1 Å². The molecule has 0 radical (unpaired) electrons. The third-order valence-electron chi connectivity index (χ3n) is 13.6. The first-order chi connectivity index (χ1) is 29.9. The molecule has 5 aliphatic rings. The van der Waals surface area contributed by atoms with Gasteiger partial charge in [-0.1, -0.05) is 18.2 Å². The second kappa shape index (κ2) is 17.0.